The van der Waals surface area contributed by atoms with Crippen molar-refractivity contribution in [3.8, 4) is 0 Å². The molecule has 1 aromatic rings. The number of pyridine rings is 1. The van der Waals surface area contributed by atoms with Crippen molar-refractivity contribution < 1.29 is 4.79 Å². The van der Waals surface area contributed by atoms with E-state index in [9.17, 15) is 4.79 Å². The van der Waals surface area contributed by atoms with Gasteiger partial charge in [0, 0.05) is 25.2 Å². The van der Waals surface area contributed by atoms with Crippen molar-refractivity contribution in [1.82, 2.24) is 10.3 Å². The van der Waals surface area contributed by atoms with Crippen molar-refractivity contribution in [3.63, 3.8) is 0 Å². The van der Waals surface area contributed by atoms with Gasteiger partial charge in [-0.25, -0.2) is 4.98 Å². The molecule has 1 amide bonds. The van der Waals surface area contributed by atoms with Gasteiger partial charge in [0.2, 0.25) is 5.91 Å². The first-order valence-electron chi connectivity index (χ1n) is 4.99. The molecule has 1 aliphatic heterocycles. The van der Waals surface area contributed by atoms with Crippen LogP contribution in [0.4, 0.5) is 5.82 Å². The van der Waals surface area contributed by atoms with Crippen molar-refractivity contribution >= 4 is 39.3 Å². The SMILES string of the molecule is O=C1CC[C@H](CNc2ncc(Cl)cc2Br)N1. The van der Waals surface area contributed by atoms with Crippen molar-refractivity contribution in [2.45, 2.75) is 18.9 Å². The van der Waals surface area contributed by atoms with Gasteiger partial charge in [-0.2, -0.15) is 0 Å². The molecule has 0 bridgehead atoms. The first-order chi connectivity index (χ1) is 7.65. The molecule has 2 N–H and O–H groups in total. The number of rotatable bonds is 3. The third-order valence-corrected chi connectivity index (χ3v) is 3.22. The number of halogens is 2. The van der Waals surface area contributed by atoms with Gasteiger partial charge in [0.15, 0.2) is 0 Å². The smallest absolute Gasteiger partial charge is 0.220 e. The summed E-state index contributed by atoms with van der Waals surface area (Å²) in [5.41, 5.74) is 0. The zero-order valence-corrected chi connectivity index (χ0v) is 10.8. The summed E-state index contributed by atoms with van der Waals surface area (Å²) < 4.78 is 0.823. The Balaban J connectivity index is 1.92. The van der Waals surface area contributed by atoms with E-state index in [2.05, 4.69) is 31.5 Å². The Morgan fingerprint density at radius 1 is 1.69 bits per heavy atom. The first-order valence-corrected chi connectivity index (χ1v) is 6.16. The van der Waals surface area contributed by atoms with Crippen LogP contribution in [0, 0.1) is 0 Å². The summed E-state index contributed by atoms with van der Waals surface area (Å²) in [6.07, 6.45) is 3.07. The maximum atomic E-state index is 11.0. The number of nitrogens with zero attached hydrogens (tertiary/aromatic N) is 1. The number of carbonyl (C=O) groups is 1. The minimum Gasteiger partial charge on any atom is -0.367 e. The highest BCUT2D eigenvalue weighted by molar-refractivity contribution is 9.10. The standard InChI is InChI=1S/C10H11BrClN3O/c11-8-3-6(12)4-13-10(8)14-5-7-1-2-9(16)15-7/h3-4,7H,1-2,5H2,(H,13,14)(H,15,16)/t7-/m1/s1. The van der Waals surface area contributed by atoms with Crippen molar-refractivity contribution in [2.24, 2.45) is 0 Å². The van der Waals surface area contributed by atoms with Gasteiger partial charge in [0.1, 0.15) is 5.82 Å². The number of anilines is 1. The third-order valence-electron chi connectivity index (χ3n) is 2.41. The van der Waals surface area contributed by atoms with E-state index in [1.165, 1.54) is 0 Å². The van der Waals surface area contributed by atoms with E-state index in [1.54, 1.807) is 12.3 Å². The van der Waals surface area contributed by atoms with E-state index in [0.717, 1.165) is 16.7 Å². The van der Waals surface area contributed by atoms with Crippen LogP contribution in [0.3, 0.4) is 0 Å². The van der Waals surface area contributed by atoms with Crippen molar-refractivity contribution in [1.29, 1.82) is 0 Å². The van der Waals surface area contributed by atoms with Gasteiger partial charge in [-0.05, 0) is 28.4 Å². The van der Waals surface area contributed by atoms with E-state index in [-0.39, 0.29) is 11.9 Å². The Morgan fingerprint density at radius 3 is 3.12 bits per heavy atom. The summed E-state index contributed by atoms with van der Waals surface area (Å²) in [5.74, 6) is 0.862. The summed E-state index contributed by atoms with van der Waals surface area (Å²) in [7, 11) is 0. The Morgan fingerprint density at radius 2 is 2.50 bits per heavy atom. The van der Waals surface area contributed by atoms with E-state index in [0.29, 0.717) is 18.0 Å². The van der Waals surface area contributed by atoms with Crippen LogP contribution in [0.15, 0.2) is 16.7 Å². The van der Waals surface area contributed by atoms with Gasteiger partial charge >= 0.3 is 0 Å². The van der Waals surface area contributed by atoms with Crippen molar-refractivity contribution in [3.05, 3.63) is 21.8 Å². The molecule has 6 heteroatoms. The lowest BCUT2D eigenvalue weighted by molar-refractivity contribution is -0.119. The van der Waals surface area contributed by atoms with Crippen LogP contribution in [0.2, 0.25) is 5.02 Å². The highest BCUT2D eigenvalue weighted by atomic mass is 79.9. The second kappa shape index (κ2) is 5.01. The van der Waals surface area contributed by atoms with Gasteiger partial charge < -0.3 is 10.6 Å². The number of hydrogen-bond acceptors (Lipinski definition) is 3. The molecule has 1 atom stereocenters. The maximum absolute atomic E-state index is 11.0. The highest BCUT2D eigenvalue weighted by Gasteiger charge is 2.20. The van der Waals surface area contributed by atoms with Crippen LogP contribution >= 0.6 is 27.5 Å². The molecule has 0 aromatic carbocycles. The lowest BCUT2D eigenvalue weighted by Gasteiger charge is -2.12. The number of carbonyl (C=O) groups excluding carboxylic acids is 1. The molecule has 4 nitrogen and oxygen atoms in total. The fourth-order valence-corrected chi connectivity index (χ4v) is 2.37. The third kappa shape index (κ3) is 2.86. The van der Waals surface area contributed by atoms with Crippen LogP contribution in [-0.2, 0) is 4.79 Å². The van der Waals surface area contributed by atoms with Gasteiger partial charge in [-0.3, -0.25) is 4.79 Å². The Kier molecular flexibility index (Phi) is 3.66. The zero-order valence-electron chi connectivity index (χ0n) is 8.46. The predicted molar refractivity (Wildman–Crippen MR) is 66.6 cm³/mol. The molecule has 1 saturated heterocycles. The van der Waals surface area contributed by atoms with E-state index >= 15 is 0 Å². The Labute approximate surface area is 107 Å². The molecule has 2 heterocycles. The summed E-state index contributed by atoms with van der Waals surface area (Å²) >= 11 is 9.16. The fraction of sp³-hybridized carbons (Fsp3) is 0.400. The van der Waals surface area contributed by atoms with Crippen LogP contribution < -0.4 is 10.6 Å². The normalized spacial score (nSPS) is 19.6. The van der Waals surface area contributed by atoms with Gasteiger partial charge in [0.05, 0.1) is 9.50 Å². The quantitative estimate of drug-likeness (QED) is 0.900. The molecule has 0 saturated carbocycles. The fourth-order valence-electron chi connectivity index (χ4n) is 1.59. The molecule has 0 spiro atoms. The molecular weight excluding hydrogens is 293 g/mol. The zero-order chi connectivity index (χ0) is 11.5. The Bertz CT molecular complexity index is 413. The second-order valence-corrected chi connectivity index (χ2v) is 4.96. The molecule has 1 aliphatic rings. The predicted octanol–water partition coefficient (Wildman–Crippen LogP) is 2.19. The summed E-state index contributed by atoms with van der Waals surface area (Å²) in [6, 6.07) is 1.97. The largest absolute Gasteiger partial charge is 0.367 e. The topological polar surface area (TPSA) is 54.0 Å². The molecule has 0 unspecified atom stereocenters. The van der Waals surface area contributed by atoms with Crippen molar-refractivity contribution in [2.75, 3.05) is 11.9 Å². The highest BCUT2D eigenvalue weighted by Crippen LogP contribution is 2.23. The molecular formula is C10H11BrClN3O. The van der Waals surface area contributed by atoms with Gasteiger partial charge in [-0.1, -0.05) is 11.6 Å². The average molecular weight is 305 g/mol. The van der Waals surface area contributed by atoms with E-state index in [4.69, 9.17) is 11.6 Å². The van der Waals surface area contributed by atoms with Gasteiger partial charge in [-0.15, -0.1) is 0 Å². The van der Waals surface area contributed by atoms with E-state index in [1.807, 2.05) is 0 Å². The molecule has 0 radical (unpaired) electrons. The Hall–Kier alpha value is -0.810. The van der Waals surface area contributed by atoms with Crippen LogP contribution in [0.1, 0.15) is 12.8 Å². The number of nitrogens with one attached hydrogen (secondary N) is 2. The minimum atomic E-state index is 0.120. The summed E-state index contributed by atoms with van der Waals surface area (Å²) in [6.45, 7) is 0.680. The van der Waals surface area contributed by atoms with Crippen LogP contribution in [0.5, 0.6) is 0 Å². The monoisotopic (exact) mass is 303 g/mol. The van der Waals surface area contributed by atoms with E-state index < -0.39 is 0 Å². The van der Waals surface area contributed by atoms with Crippen LogP contribution in [0.25, 0.3) is 0 Å². The first kappa shape index (κ1) is 11.7. The molecule has 16 heavy (non-hydrogen) atoms. The molecule has 2 rings (SSSR count). The van der Waals surface area contributed by atoms with Crippen LogP contribution in [-0.4, -0.2) is 23.5 Å². The number of aromatic nitrogens is 1. The lowest BCUT2D eigenvalue weighted by atomic mass is 10.2. The summed E-state index contributed by atoms with van der Waals surface area (Å²) in [5, 5.41) is 6.65. The number of hydrogen-bond donors (Lipinski definition) is 2. The molecule has 1 aromatic heterocycles. The lowest BCUT2D eigenvalue weighted by Crippen LogP contribution is -2.32. The molecule has 0 aliphatic carbocycles. The number of amides is 1. The average Bonchev–Trinajstić information content (AvgIpc) is 2.63. The minimum absolute atomic E-state index is 0.120. The molecule has 86 valence electrons. The summed E-state index contributed by atoms with van der Waals surface area (Å²) in [4.78, 5) is 15.2. The second-order valence-electron chi connectivity index (χ2n) is 3.67. The maximum Gasteiger partial charge on any atom is 0.220 e. The molecule has 1 fully saturated rings. The van der Waals surface area contributed by atoms with Gasteiger partial charge in [0.25, 0.3) is 0 Å².